The van der Waals surface area contributed by atoms with Crippen molar-refractivity contribution in [3.63, 3.8) is 0 Å². The summed E-state index contributed by atoms with van der Waals surface area (Å²) in [5.41, 5.74) is -0.618. The average molecular weight is 509 g/mol. The van der Waals surface area contributed by atoms with Crippen molar-refractivity contribution < 1.29 is 14.7 Å². The van der Waals surface area contributed by atoms with Gasteiger partial charge in [-0.25, -0.2) is 0 Å². The van der Waals surface area contributed by atoms with E-state index in [4.69, 9.17) is 0 Å². The second-order valence-electron chi connectivity index (χ2n) is 8.83. The molecule has 11 heteroatoms. The van der Waals surface area contributed by atoms with Crippen molar-refractivity contribution in [3.05, 3.63) is 80.4 Å². The van der Waals surface area contributed by atoms with Crippen LogP contribution in [0.2, 0.25) is 0 Å². The molecule has 1 aromatic heterocycles. The van der Waals surface area contributed by atoms with Gasteiger partial charge in [-0.05, 0) is 31.0 Å². The van der Waals surface area contributed by atoms with Crippen LogP contribution in [0.3, 0.4) is 0 Å². The van der Waals surface area contributed by atoms with Crippen LogP contribution in [-0.4, -0.2) is 51.7 Å². The molecule has 0 aliphatic carbocycles. The maximum absolute atomic E-state index is 13.1. The molecule has 5 N–H and O–H groups in total. The van der Waals surface area contributed by atoms with Crippen molar-refractivity contribution in [1.82, 2.24) is 20.0 Å². The molecule has 0 bridgehead atoms. The maximum Gasteiger partial charge on any atom is 0.290 e. The molecule has 2 aromatic carbocycles. The minimum Gasteiger partial charge on any atom is -0.505 e. The fraction of sp³-hybridized carbons (Fsp3) is 0.308. The van der Waals surface area contributed by atoms with E-state index in [9.17, 15) is 24.3 Å². The summed E-state index contributed by atoms with van der Waals surface area (Å²) in [7, 11) is 4.46. The molecule has 0 radical (unpaired) electrons. The third-order valence-corrected chi connectivity index (χ3v) is 5.90. The number of aryl methyl sites for hydroxylation is 1. The number of nitrogens with zero attached hydrogens (tertiary/aromatic N) is 2. The highest BCUT2D eigenvalue weighted by Crippen LogP contribution is 2.31. The smallest absolute Gasteiger partial charge is 0.290 e. The number of amides is 2. The van der Waals surface area contributed by atoms with Gasteiger partial charge >= 0.3 is 0 Å². The first-order valence-electron chi connectivity index (χ1n) is 11.8. The van der Waals surface area contributed by atoms with E-state index in [1.807, 2.05) is 37.3 Å². The lowest BCUT2D eigenvalue weighted by atomic mass is 10.1. The number of phenolic OH excluding ortho intramolecular Hbond substituents is 1. The molecule has 0 fully saturated rings. The third kappa shape index (κ3) is 6.00. The first-order chi connectivity index (χ1) is 17.5. The molecule has 0 spiro atoms. The Morgan fingerprint density at radius 3 is 2.35 bits per heavy atom. The van der Waals surface area contributed by atoms with E-state index in [0.29, 0.717) is 6.42 Å². The number of rotatable bonds is 9. The van der Waals surface area contributed by atoms with Crippen molar-refractivity contribution in [3.8, 4) is 5.75 Å². The van der Waals surface area contributed by atoms with E-state index < -0.39 is 23.1 Å². The first kappa shape index (κ1) is 27.1. The summed E-state index contributed by atoms with van der Waals surface area (Å²) >= 11 is 0. The minimum absolute atomic E-state index is 0.0203. The Hall–Kier alpha value is -4.54. The SMILES string of the molecule is CC[C@@H](Nc1c(Nc2cccc(C(=O)N(C)C)c2O)c(=O)n(C)[nH]c1=O)C(=O)NC(C)c1ccccc1. The molecule has 0 aliphatic heterocycles. The summed E-state index contributed by atoms with van der Waals surface area (Å²) in [5, 5.41) is 21.8. The Morgan fingerprint density at radius 2 is 1.73 bits per heavy atom. The molecule has 3 rings (SSSR count). The zero-order valence-electron chi connectivity index (χ0n) is 21.5. The van der Waals surface area contributed by atoms with Crippen LogP contribution in [0.5, 0.6) is 5.75 Å². The molecule has 2 atom stereocenters. The lowest BCUT2D eigenvalue weighted by Crippen LogP contribution is -2.42. The highest BCUT2D eigenvalue weighted by molar-refractivity contribution is 5.99. The van der Waals surface area contributed by atoms with Crippen molar-refractivity contribution in [1.29, 1.82) is 0 Å². The number of anilines is 3. The van der Waals surface area contributed by atoms with Gasteiger partial charge in [0.25, 0.3) is 17.0 Å². The Labute approximate surface area is 214 Å². The number of aromatic hydroxyl groups is 1. The number of aromatic nitrogens is 2. The largest absolute Gasteiger partial charge is 0.505 e. The zero-order chi connectivity index (χ0) is 27.3. The monoisotopic (exact) mass is 508 g/mol. The van der Waals surface area contributed by atoms with E-state index in [1.165, 1.54) is 30.1 Å². The molecule has 0 saturated heterocycles. The maximum atomic E-state index is 13.1. The number of benzene rings is 2. The summed E-state index contributed by atoms with van der Waals surface area (Å²) in [6, 6.07) is 12.8. The fourth-order valence-corrected chi connectivity index (χ4v) is 3.76. The van der Waals surface area contributed by atoms with Crippen LogP contribution in [0.1, 0.15) is 42.2 Å². The van der Waals surface area contributed by atoms with E-state index in [1.54, 1.807) is 21.0 Å². The molecular weight excluding hydrogens is 476 g/mol. The summed E-state index contributed by atoms with van der Waals surface area (Å²) in [4.78, 5) is 52.7. The summed E-state index contributed by atoms with van der Waals surface area (Å²) in [6.07, 6.45) is 0.319. The average Bonchev–Trinajstić information content (AvgIpc) is 2.87. The molecule has 196 valence electrons. The van der Waals surface area contributed by atoms with Crippen LogP contribution in [0.25, 0.3) is 0 Å². The summed E-state index contributed by atoms with van der Waals surface area (Å²) < 4.78 is 0.986. The highest BCUT2D eigenvalue weighted by Gasteiger charge is 2.24. The predicted molar refractivity (Wildman–Crippen MR) is 142 cm³/mol. The first-order valence-corrected chi connectivity index (χ1v) is 11.8. The second kappa shape index (κ2) is 11.5. The van der Waals surface area contributed by atoms with Crippen molar-refractivity contribution in [2.24, 2.45) is 7.05 Å². The number of phenols is 1. The van der Waals surface area contributed by atoms with Crippen molar-refractivity contribution in [2.75, 3.05) is 24.7 Å². The number of H-pyrrole nitrogens is 1. The van der Waals surface area contributed by atoms with Gasteiger partial charge < -0.3 is 26.0 Å². The van der Waals surface area contributed by atoms with Gasteiger partial charge in [-0.15, -0.1) is 0 Å². The standard InChI is InChI=1S/C26H32N6O5/c1-6-18(23(34)27-15(2)16-11-8-7-9-12-16)28-20-21(26(37)32(5)30-24(20)35)29-19-14-10-13-17(22(19)33)25(36)31(3)4/h7-15,18,28-29,33H,6H2,1-5H3,(H,27,34)(H,30,35)/t15?,18-/m1/s1. The minimum atomic E-state index is -0.838. The van der Waals surface area contributed by atoms with Crippen LogP contribution in [-0.2, 0) is 11.8 Å². The number of hydrogen-bond acceptors (Lipinski definition) is 7. The molecule has 3 aromatic rings. The number of nitrogens with one attached hydrogen (secondary N) is 4. The molecule has 1 unspecified atom stereocenters. The zero-order valence-corrected chi connectivity index (χ0v) is 21.5. The van der Waals surface area contributed by atoms with E-state index >= 15 is 0 Å². The summed E-state index contributed by atoms with van der Waals surface area (Å²) in [6.45, 7) is 3.62. The van der Waals surface area contributed by atoms with Gasteiger partial charge in [0, 0.05) is 21.1 Å². The Bertz CT molecular complexity index is 1400. The van der Waals surface area contributed by atoms with Gasteiger partial charge in [-0.1, -0.05) is 43.3 Å². The van der Waals surface area contributed by atoms with Crippen LogP contribution in [0.4, 0.5) is 17.1 Å². The Balaban J connectivity index is 1.95. The topological polar surface area (TPSA) is 149 Å². The quantitative estimate of drug-likeness (QED) is 0.279. The van der Waals surface area contributed by atoms with E-state index in [-0.39, 0.29) is 40.3 Å². The van der Waals surface area contributed by atoms with E-state index in [2.05, 4.69) is 21.0 Å². The summed E-state index contributed by atoms with van der Waals surface area (Å²) in [5.74, 6) is -1.17. The van der Waals surface area contributed by atoms with Gasteiger partial charge in [-0.2, -0.15) is 0 Å². The van der Waals surface area contributed by atoms with Gasteiger partial charge in [0.05, 0.1) is 17.3 Å². The van der Waals surface area contributed by atoms with Gasteiger partial charge in [-0.3, -0.25) is 29.0 Å². The van der Waals surface area contributed by atoms with Gasteiger partial charge in [0.2, 0.25) is 5.91 Å². The number of hydrogen-bond donors (Lipinski definition) is 5. The fourth-order valence-electron chi connectivity index (χ4n) is 3.76. The lowest BCUT2D eigenvalue weighted by Gasteiger charge is -2.23. The van der Waals surface area contributed by atoms with Gasteiger partial charge in [0.1, 0.15) is 17.4 Å². The Kier molecular flexibility index (Phi) is 8.38. The molecular formula is C26H32N6O5. The van der Waals surface area contributed by atoms with Crippen LogP contribution in [0, 0.1) is 0 Å². The normalized spacial score (nSPS) is 12.4. The third-order valence-electron chi connectivity index (χ3n) is 5.90. The van der Waals surface area contributed by atoms with Crippen LogP contribution < -0.4 is 27.1 Å². The lowest BCUT2D eigenvalue weighted by molar-refractivity contribution is -0.122. The Morgan fingerprint density at radius 1 is 1.05 bits per heavy atom. The molecule has 2 amide bonds. The second-order valence-corrected chi connectivity index (χ2v) is 8.83. The number of aromatic amines is 1. The van der Waals surface area contributed by atoms with E-state index in [0.717, 1.165) is 10.2 Å². The molecule has 0 saturated carbocycles. The molecule has 0 aliphatic rings. The highest BCUT2D eigenvalue weighted by atomic mass is 16.3. The van der Waals surface area contributed by atoms with Gasteiger partial charge in [0.15, 0.2) is 5.75 Å². The number of carbonyl (C=O) groups is 2. The molecule has 1 heterocycles. The number of para-hydroxylation sites is 1. The molecule has 37 heavy (non-hydrogen) atoms. The van der Waals surface area contributed by atoms with Crippen molar-refractivity contribution >= 4 is 28.9 Å². The predicted octanol–water partition coefficient (Wildman–Crippen LogP) is 2.29. The van der Waals surface area contributed by atoms with Crippen molar-refractivity contribution in [2.45, 2.75) is 32.4 Å². The molecule has 11 nitrogen and oxygen atoms in total. The van der Waals surface area contributed by atoms with Crippen LogP contribution >= 0.6 is 0 Å². The van der Waals surface area contributed by atoms with Crippen LogP contribution in [0.15, 0.2) is 58.1 Å². The number of carbonyl (C=O) groups excluding carboxylic acids is 2.